The van der Waals surface area contributed by atoms with Crippen molar-refractivity contribution >= 4 is 39.2 Å². The number of rotatable bonds is 6. The minimum atomic E-state index is -3.86. The van der Waals surface area contributed by atoms with E-state index >= 15 is 0 Å². The molecule has 2 aliphatic rings. The lowest BCUT2D eigenvalue weighted by atomic mass is 9.73. The fourth-order valence-corrected chi connectivity index (χ4v) is 5.89. The molecule has 1 spiro atoms. The van der Waals surface area contributed by atoms with Crippen LogP contribution in [0, 0.1) is 5.92 Å². The van der Waals surface area contributed by atoms with Gasteiger partial charge in [0.25, 0.3) is 15.9 Å². The maximum absolute atomic E-state index is 13.1. The second-order valence-electron chi connectivity index (χ2n) is 8.82. The van der Waals surface area contributed by atoms with Gasteiger partial charge in [0.15, 0.2) is 0 Å². The van der Waals surface area contributed by atoms with Crippen LogP contribution in [-0.4, -0.2) is 50.3 Å². The molecular formula is C24H28N4O5S. The molecule has 10 heteroatoms. The normalized spacial score (nSPS) is 22.5. The summed E-state index contributed by atoms with van der Waals surface area (Å²) in [5, 5.41) is 5.43. The van der Waals surface area contributed by atoms with Crippen molar-refractivity contribution in [1.82, 2.24) is 10.2 Å². The summed E-state index contributed by atoms with van der Waals surface area (Å²) < 4.78 is 27.2. The van der Waals surface area contributed by atoms with E-state index in [1.54, 1.807) is 36.4 Å². The highest BCUT2D eigenvalue weighted by Gasteiger charge is 2.55. The summed E-state index contributed by atoms with van der Waals surface area (Å²) in [6, 6.07) is 13.9. The van der Waals surface area contributed by atoms with Crippen molar-refractivity contribution in [1.29, 1.82) is 0 Å². The van der Waals surface area contributed by atoms with E-state index < -0.39 is 34.0 Å². The quantitative estimate of drug-likeness (QED) is 0.612. The number of hydrogen-bond donors (Lipinski definition) is 2. The van der Waals surface area contributed by atoms with Crippen LogP contribution < -0.4 is 14.9 Å². The summed E-state index contributed by atoms with van der Waals surface area (Å²) in [6.45, 7) is 1.50. The molecule has 1 saturated heterocycles. The molecule has 4 rings (SSSR count). The number of benzene rings is 2. The zero-order chi connectivity index (χ0) is 24.5. The van der Waals surface area contributed by atoms with E-state index in [0.29, 0.717) is 12.1 Å². The lowest BCUT2D eigenvalue weighted by Crippen LogP contribution is -2.54. The molecule has 2 unspecified atom stereocenters. The standard InChI is InChI=1S/C24H28N4O5S/c1-17-9-6-7-14-24(17)22(30)28(23(31)26-24)16-21(29)25-18-10-8-13-20(15-18)34(32,33)27(2)19-11-4-3-5-12-19/h3-5,8,10-13,15,17H,6-7,9,14,16H2,1-2H3,(H,25,29)(H,26,31). The van der Waals surface area contributed by atoms with Crippen LogP contribution in [0.4, 0.5) is 16.2 Å². The van der Waals surface area contributed by atoms with Crippen LogP contribution >= 0.6 is 0 Å². The maximum Gasteiger partial charge on any atom is 0.325 e. The summed E-state index contributed by atoms with van der Waals surface area (Å²) in [5.74, 6) is -0.968. The minimum Gasteiger partial charge on any atom is -0.324 e. The molecule has 1 heterocycles. The van der Waals surface area contributed by atoms with Crippen LogP contribution in [-0.2, 0) is 19.6 Å². The van der Waals surface area contributed by atoms with Crippen LogP contribution in [0.25, 0.3) is 0 Å². The second-order valence-corrected chi connectivity index (χ2v) is 10.8. The molecule has 0 bridgehead atoms. The fourth-order valence-electron chi connectivity index (χ4n) is 4.65. The largest absolute Gasteiger partial charge is 0.325 e. The van der Waals surface area contributed by atoms with Gasteiger partial charge in [-0.2, -0.15) is 0 Å². The van der Waals surface area contributed by atoms with E-state index in [9.17, 15) is 22.8 Å². The molecule has 2 aromatic carbocycles. The van der Waals surface area contributed by atoms with Gasteiger partial charge in [-0.05, 0) is 49.1 Å². The molecule has 34 heavy (non-hydrogen) atoms. The van der Waals surface area contributed by atoms with E-state index in [1.165, 1.54) is 25.2 Å². The summed E-state index contributed by atoms with van der Waals surface area (Å²) >= 11 is 0. The zero-order valence-corrected chi connectivity index (χ0v) is 20.0. The third-order valence-corrected chi connectivity index (χ3v) is 8.48. The molecule has 1 aliphatic carbocycles. The lowest BCUT2D eigenvalue weighted by Gasteiger charge is -2.36. The van der Waals surface area contributed by atoms with E-state index in [0.717, 1.165) is 28.5 Å². The van der Waals surface area contributed by atoms with Crippen molar-refractivity contribution in [3.8, 4) is 0 Å². The first-order valence-electron chi connectivity index (χ1n) is 11.2. The van der Waals surface area contributed by atoms with Crippen LogP contribution in [0.1, 0.15) is 32.6 Å². The second kappa shape index (κ2) is 9.09. The molecule has 9 nitrogen and oxygen atoms in total. The highest BCUT2D eigenvalue weighted by atomic mass is 32.2. The van der Waals surface area contributed by atoms with Crippen molar-refractivity contribution in [2.75, 3.05) is 23.2 Å². The van der Waals surface area contributed by atoms with Gasteiger partial charge >= 0.3 is 6.03 Å². The van der Waals surface area contributed by atoms with E-state index in [-0.39, 0.29) is 22.4 Å². The van der Waals surface area contributed by atoms with E-state index in [1.807, 2.05) is 6.92 Å². The van der Waals surface area contributed by atoms with E-state index in [4.69, 9.17) is 0 Å². The van der Waals surface area contributed by atoms with E-state index in [2.05, 4.69) is 10.6 Å². The van der Waals surface area contributed by atoms with Gasteiger partial charge in [0.1, 0.15) is 12.1 Å². The average Bonchev–Trinajstić information content (AvgIpc) is 3.06. The highest BCUT2D eigenvalue weighted by molar-refractivity contribution is 7.92. The van der Waals surface area contributed by atoms with Crippen molar-refractivity contribution in [2.45, 2.75) is 43.0 Å². The summed E-state index contributed by atoms with van der Waals surface area (Å²) in [4.78, 5) is 39.2. The third-order valence-electron chi connectivity index (χ3n) is 6.70. The first-order valence-corrected chi connectivity index (χ1v) is 12.7. The van der Waals surface area contributed by atoms with Crippen molar-refractivity contribution < 1.29 is 22.8 Å². The number of carbonyl (C=O) groups excluding carboxylic acids is 3. The molecule has 2 aromatic rings. The number of hydrogen-bond acceptors (Lipinski definition) is 5. The molecule has 180 valence electrons. The van der Waals surface area contributed by atoms with Gasteiger partial charge in [-0.25, -0.2) is 13.2 Å². The SMILES string of the molecule is CC1CCCCC12NC(=O)N(CC(=O)Nc1cccc(S(=O)(=O)N(C)c3ccccc3)c1)C2=O. The topological polar surface area (TPSA) is 116 Å². The van der Waals surface area contributed by atoms with Crippen LogP contribution in [0.2, 0.25) is 0 Å². The Kier molecular flexibility index (Phi) is 6.35. The minimum absolute atomic E-state index is 0.00151. The molecule has 0 radical (unpaired) electrons. The van der Waals surface area contributed by atoms with Gasteiger partial charge in [0.05, 0.1) is 10.6 Å². The number of anilines is 2. The van der Waals surface area contributed by atoms with Gasteiger partial charge in [0.2, 0.25) is 5.91 Å². The Hall–Kier alpha value is -3.40. The van der Waals surface area contributed by atoms with Gasteiger partial charge in [-0.15, -0.1) is 0 Å². The predicted octanol–water partition coefficient (Wildman–Crippen LogP) is 2.95. The number of nitrogens with one attached hydrogen (secondary N) is 2. The monoisotopic (exact) mass is 484 g/mol. The summed E-state index contributed by atoms with van der Waals surface area (Å²) in [5.41, 5.74) is -0.187. The number of sulfonamides is 1. The number of imide groups is 1. The van der Waals surface area contributed by atoms with Crippen molar-refractivity contribution in [3.05, 3.63) is 54.6 Å². The molecule has 2 N–H and O–H groups in total. The van der Waals surface area contributed by atoms with Crippen molar-refractivity contribution in [3.63, 3.8) is 0 Å². The Labute approximate surface area is 199 Å². The molecular weight excluding hydrogens is 456 g/mol. The molecule has 2 atom stereocenters. The number of urea groups is 1. The van der Waals surface area contributed by atoms with Gasteiger partial charge in [-0.1, -0.05) is 44.0 Å². The third kappa shape index (κ3) is 4.25. The summed E-state index contributed by atoms with van der Waals surface area (Å²) in [6.07, 6.45) is 3.25. The first-order chi connectivity index (χ1) is 16.1. The Balaban J connectivity index is 1.47. The zero-order valence-electron chi connectivity index (χ0n) is 19.2. The summed E-state index contributed by atoms with van der Waals surface area (Å²) in [7, 11) is -2.41. The number of amides is 4. The van der Waals surface area contributed by atoms with Crippen LogP contribution in [0.3, 0.4) is 0 Å². The first kappa shape index (κ1) is 23.7. The number of carbonyl (C=O) groups is 3. The Morgan fingerprint density at radius 3 is 2.59 bits per heavy atom. The molecule has 1 saturated carbocycles. The molecule has 0 aromatic heterocycles. The maximum atomic E-state index is 13.1. The van der Waals surface area contributed by atoms with Gasteiger partial charge in [0, 0.05) is 12.7 Å². The van der Waals surface area contributed by atoms with Gasteiger partial charge in [-0.3, -0.25) is 18.8 Å². The molecule has 2 fully saturated rings. The lowest BCUT2D eigenvalue weighted by molar-refractivity contribution is -0.136. The Morgan fingerprint density at radius 1 is 1.15 bits per heavy atom. The molecule has 4 amide bonds. The van der Waals surface area contributed by atoms with Gasteiger partial charge < -0.3 is 10.6 Å². The Bertz CT molecular complexity index is 1220. The predicted molar refractivity (Wildman–Crippen MR) is 128 cm³/mol. The van der Waals surface area contributed by atoms with Crippen LogP contribution in [0.5, 0.6) is 0 Å². The fraction of sp³-hybridized carbons (Fsp3) is 0.375. The number of nitrogens with zero attached hydrogens (tertiary/aromatic N) is 2. The van der Waals surface area contributed by atoms with Crippen LogP contribution in [0.15, 0.2) is 59.5 Å². The average molecular weight is 485 g/mol. The smallest absolute Gasteiger partial charge is 0.324 e. The number of para-hydroxylation sites is 1. The van der Waals surface area contributed by atoms with Crippen molar-refractivity contribution in [2.24, 2.45) is 5.92 Å². The molecule has 1 aliphatic heterocycles. The Morgan fingerprint density at radius 2 is 1.88 bits per heavy atom. The highest BCUT2D eigenvalue weighted by Crippen LogP contribution is 2.38.